The van der Waals surface area contributed by atoms with Gasteiger partial charge in [0.2, 0.25) is 5.91 Å². The van der Waals surface area contributed by atoms with Crippen LogP contribution in [0.3, 0.4) is 0 Å². The van der Waals surface area contributed by atoms with Gasteiger partial charge in [-0.2, -0.15) is 0 Å². The summed E-state index contributed by atoms with van der Waals surface area (Å²) in [4.78, 5) is 22.2. The summed E-state index contributed by atoms with van der Waals surface area (Å²) in [5, 5.41) is 0.736. The van der Waals surface area contributed by atoms with Crippen molar-refractivity contribution in [1.82, 2.24) is 9.88 Å². The fourth-order valence-electron chi connectivity index (χ4n) is 3.27. The lowest BCUT2D eigenvalue weighted by Gasteiger charge is -2.24. The van der Waals surface area contributed by atoms with E-state index in [1.54, 1.807) is 11.3 Å². The van der Waals surface area contributed by atoms with Crippen molar-refractivity contribution >= 4 is 45.0 Å². The Labute approximate surface area is 189 Å². The van der Waals surface area contributed by atoms with E-state index in [1.807, 2.05) is 60.4 Å². The zero-order valence-electron chi connectivity index (χ0n) is 17.8. The molecule has 0 aliphatic carbocycles. The van der Waals surface area contributed by atoms with Gasteiger partial charge in [0.15, 0.2) is 5.13 Å². The summed E-state index contributed by atoms with van der Waals surface area (Å²) in [5.74, 6) is 0.840. The standard InChI is InChI=1S/C23H29N3O2S.ClH/c1-4-25(5-2)15-16-26(21(27)17-18-11-8-7-9-12-18)23-24-22-19(28-6-3)13-10-14-20(22)29-23;/h7-14H,4-6,15-17H2,1-3H3;1H. The van der Waals surface area contributed by atoms with Crippen molar-refractivity contribution in [2.24, 2.45) is 0 Å². The Balaban J connectivity index is 0.00000320. The molecule has 0 fully saturated rings. The van der Waals surface area contributed by atoms with Crippen LogP contribution in [0.2, 0.25) is 0 Å². The molecule has 1 heterocycles. The van der Waals surface area contributed by atoms with E-state index in [4.69, 9.17) is 9.72 Å². The summed E-state index contributed by atoms with van der Waals surface area (Å²) in [6.45, 7) is 10.2. The van der Waals surface area contributed by atoms with Gasteiger partial charge >= 0.3 is 0 Å². The van der Waals surface area contributed by atoms with E-state index in [-0.39, 0.29) is 18.3 Å². The van der Waals surface area contributed by atoms with Gasteiger partial charge in [0.1, 0.15) is 11.3 Å². The largest absolute Gasteiger partial charge is 0.492 e. The summed E-state index contributed by atoms with van der Waals surface area (Å²) in [5.41, 5.74) is 1.84. The van der Waals surface area contributed by atoms with Crippen molar-refractivity contribution in [2.45, 2.75) is 27.2 Å². The molecule has 5 nitrogen and oxygen atoms in total. The predicted molar refractivity (Wildman–Crippen MR) is 128 cm³/mol. The Morgan fingerprint density at radius 1 is 1.00 bits per heavy atom. The normalized spacial score (nSPS) is 10.8. The van der Waals surface area contributed by atoms with Crippen molar-refractivity contribution in [3.05, 3.63) is 54.1 Å². The molecule has 2 aromatic carbocycles. The van der Waals surface area contributed by atoms with Crippen molar-refractivity contribution in [1.29, 1.82) is 0 Å². The third kappa shape index (κ3) is 5.94. The van der Waals surface area contributed by atoms with Crippen molar-refractivity contribution in [2.75, 3.05) is 37.7 Å². The third-order valence-electron chi connectivity index (χ3n) is 4.93. The van der Waals surface area contributed by atoms with Crippen molar-refractivity contribution in [3.8, 4) is 5.75 Å². The molecule has 0 saturated heterocycles. The van der Waals surface area contributed by atoms with Gasteiger partial charge in [0, 0.05) is 13.1 Å². The molecule has 0 saturated carbocycles. The number of nitrogens with zero attached hydrogens (tertiary/aromatic N) is 3. The Bertz CT molecular complexity index is 929. The quantitative estimate of drug-likeness (QED) is 0.437. The van der Waals surface area contributed by atoms with E-state index >= 15 is 0 Å². The SMILES string of the molecule is CCOc1cccc2sc(N(CCN(CC)CC)C(=O)Cc3ccccc3)nc12.Cl. The maximum Gasteiger partial charge on any atom is 0.233 e. The summed E-state index contributed by atoms with van der Waals surface area (Å²) in [7, 11) is 0. The lowest BCUT2D eigenvalue weighted by molar-refractivity contribution is -0.118. The van der Waals surface area contributed by atoms with Crippen LogP contribution in [0.1, 0.15) is 26.3 Å². The summed E-state index contributed by atoms with van der Waals surface area (Å²) < 4.78 is 6.77. The molecule has 0 atom stereocenters. The number of aromatic nitrogens is 1. The van der Waals surface area contributed by atoms with Crippen LogP contribution in [-0.4, -0.2) is 48.6 Å². The minimum absolute atomic E-state index is 0. The highest BCUT2D eigenvalue weighted by atomic mass is 35.5. The van der Waals surface area contributed by atoms with Crippen LogP contribution in [0.4, 0.5) is 5.13 Å². The molecule has 162 valence electrons. The predicted octanol–water partition coefficient (Wildman–Crippen LogP) is 5.03. The number of hydrogen-bond donors (Lipinski definition) is 0. The number of likely N-dealkylation sites (N-methyl/N-ethyl adjacent to an activating group) is 1. The average Bonchev–Trinajstić information content (AvgIpc) is 3.17. The first kappa shape index (κ1) is 24.1. The molecule has 0 bridgehead atoms. The van der Waals surface area contributed by atoms with Gasteiger partial charge in [-0.25, -0.2) is 4.98 Å². The molecule has 3 rings (SSSR count). The number of ether oxygens (including phenoxy) is 1. The topological polar surface area (TPSA) is 45.7 Å². The van der Waals surface area contributed by atoms with Crippen molar-refractivity contribution < 1.29 is 9.53 Å². The van der Waals surface area contributed by atoms with Crippen LogP contribution in [0, 0.1) is 0 Å². The number of para-hydroxylation sites is 1. The first-order valence-electron chi connectivity index (χ1n) is 10.2. The number of carbonyl (C=O) groups is 1. The number of thiazole rings is 1. The van der Waals surface area contributed by atoms with E-state index in [9.17, 15) is 4.79 Å². The van der Waals surface area contributed by atoms with Gasteiger partial charge in [0.25, 0.3) is 0 Å². The molecule has 0 unspecified atom stereocenters. The molecule has 30 heavy (non-hydrogen) atoms. The number of carbonyl (C=O) groups excluding carboxylic acids is 1. The molecule has 0 N–H and O–H groups in total. The van der Waals surface area contributed by atoms with Crippen molar-refractivity contribution in [3.63, 3.8) is 0 Å². The molecule has 0 aliphatic heterocycles. The molecular weight excluding hydrogens is 418 g/mol. The van der Waals surface area contributed by atoms with Crippen LogP contribution in [0.15, 0.2) is 48.5 Å². The first-order chi connectivity index (χ1) is 14.2. The Morgan fingerprint density at radius 3 is 2.40 bits per heavy atom. The van der Waals surface area contributed by atoms with E-state index < -0.39 is 0 Å². The molecule has 0 aliphatic rings. The minimum Gasteiger partial charge on any atom is -0.492 e. The summed E-state index contributed by atoms with van der Waals surface area (Å²) in [6, 6.07) is 15.8. The van der Waals surface area contributed by atoms with Gasteiger partial charge in [0.05, 0.1) is 17.7 Å². The second kappa shape index (κ2) is 11.9. The molecule has 1 aromatic heterocycles. The number of halogens is 1. The van der Waals surface area contributed by atoms with Gasteiger partial charge in [-0.3, -0.25) is 9.69 Å². The third-order valence-corrected chi connectivity index (χ3v) is 5.98. The Hall–Kier alpha value is -2.15. The van der Waals surface area contributed by atoms with Crippen LogP contribution in [0.25, 0.3) is 10.2 Å². The van der Waals surface area contributed by atoms with Gasteiger partial charge in [-0.1, -0.05) is 61.6 Å². The maximum absolute atomic E-state index is 13.2. The Morgan fingerprint density at radius 2 is 1.73 bits per heavy atom. The van der Waals surface area contributed by atoms with Crippen LogP contribution in [0.5, 0.6) is 5.75 Å². The summed E-state index contributed by atoms with van der Waals surface area (Å²) >= 11 is 1.55. The minimum atomic E-state index is 0. The Kier molecular flexibility index (Phi) is 9.56. The average molecular weight is 448 g/mol. The molecule has 0 spiro atoms. The fourth-order valence-corrected chi connectivity index (χ4v) is 4.30. The number of rotatable bonds is 10. The zero-order valence-corrected chi connectivity index (χ0v) is 19.5. The van der Waals surface area contributed by atoms with E-state index in [2.05, 4.69) is 18.7 Å². The molecule has 0 radical (unpaired) electrons. The first-order valence-corrected chi connectivity index (χ1v) is 11.1. The lowest BCUT2D eigenvalue weighted by atomic mass is 10.1. The number of fused-ring (bicyclic) bond motifs is 1. The number of hydrogen-bond acceptors (Lipinski definition) is 5. The second-order valence-corrected chi connectivity index (χ2v) is 7.78. The van der Waals surface area contributed by atoms with Crippen LogP contribution >= 0.6 is 23.7 Å². The summed E-state index contributed by atoms with van der Waals surface area (Å²) in [6.07, 6.45) is 0.368. The fraction of sp³-hybridized carbons (Fsp3) is 0.391. The second-order valence-electron chi connectivity index (χ2n) is 6.77. The molecule has 7 heteroatoms. The monoisotopic (exact) mass is 447 g/mol. The highest BCUT2D eigenvalue weighted by Gasteiger charge is 2.21. The number of anilines is 1. The van der Waals surface area contributed by atoms with Crippen LogP contribution in [-0.2, 0) is 11.2 Å². The van der Waals surface area contributed by atoms with E-state index in [0.29, 0.717) is 19.6 Å². The smallest absolute Gasteiger partial charge is 0.233 e. The van der Waals surface area contributed by atoms with Gasteiger partial charge in [-0.15, -0.1) is 12.4 Å². The highest BCUT2D eigenvalue weighted by molar-refractivity contribution is 7.22. The number of amides is 1. The van der Waals surface area contributed by atoms with Gasteiger partial charge in [-0.05, 0) is 37.7 Å². The molecule has 3 aromatic rings. The van der Waals surface area contributed by atoms with Crippen LogP contribution < -0.4 is 9.64 Å². The molecule has 1 amide bonds. The zero-order chi connectivity index (χ0) is 20.6. The number of benzene rings is 2. The lowest BCUT2D eigenvalue weighted by Crippen LogP contribution is -2.39. The molecular formula is C23H30ClN3O2S. The van der Waals surface area contributed by atoms with E-state index in [0.717, 1.165) is 46.3 Å². The van der Waals surface area contributed by atoms with Gasteiger partial charge < -0.3 is 9.64 Å². The van der Waals surface area contributed by atoms with E-state index in [1.165, 1.54) is 0 Å². The highest BCUT2D eigenvalue weighted by Crippen LogP contribution is 2.34. The maximum atomic E-state index is 13.2.